The number of ketones is 1. The van der Waals surface area contributed by atoms with Crippen molar-refractivity contribution in [2.24, 2.45) is 0 Å². The summed E-state index contributed by atoms with van der Waals surface area (Å²) in [5.41, 5.74) is 2.05. The maximum atomic E-state index is 11.8. The molecule has 2 heterocycles. The Bertz CT molecular complexity index is 536. The van der Waals surface area contributed by atoms with Gasteiger partial charge in [-0.1, -0.05) is 12.1 Å². The molecule has 2 fully saturated rings. The average molecular weight is 257 g/mol. The van der Waals surface area contributed by atoms with Crippen molar-refractivity contribution >= 4 is 5.78 Å². The van der Waals surface area contributed by atoms with Crippen molar-refractivity contribution in [1.82, 2.24) is 4.90 Å². The summed E-state index contributed by atoms with van der Waals surface area (Å²) in [6.07, 6.45) is 5.01. The monoisotopic (exact) mass is 257 g/mol. The SMILES string of the molecule is O=C1CCc2c(OC34CCCN(CC3)C4)cccc21. The Morgan fingerprint density at radius 2 is 2.11 bits per heavy atom. The molecule has 0 aromatic heterocycles. The molecule has 0 spiro atoms. The van der Waals surface area contributed by atoms with E-state index >= 15 is 0 Å². The number of hydrogen-bond donors (Lipinski definition) is 0. The molecular formula is C16H19NO2. The number of fused-ring (bicyclic) bond motifs is 3. The first-order valence-electron chi connectivity index (χ1n) is 7.32. The zero-order valence-corrected chi connectivity index (χ0v) is 11.2. The van der Waals surface area contributed by atoms with Crippen LogP contribution in [0, 0.1) is 0 Å². The van der Waals surface area contributed by atoms with Gasteiger partial charge in [-0.15, -0.1) is 0 Å². The highest BCUT2D eigenvalue weighted by molar-refractivity contribution is 6.01. The topological polar surface area (TPSA) is 29.5 Å². The van der Waals surface area contributed by atoms with Gasteiger partial charge in [-0.25, -0.2) is 0 Å². The van der Waals surface area contributed by atoms with Crippen LogP contribution in [0.15, 0.2) is 18.2 Å². The van der Waals surface area contributed by atoms with Gasteiger partial charge in [-0.2, -0.15) is 0 Å². The third-order valence-corrected chi connectivity index (χ3v) is 4.86. The fraction of sp³-hybridized carbons (Fsp3) is 0.562. The van der Waals surface area contributed by atoms with Gasteiger partial charge < -0.3 is 4.74 Å². The van der Waals surface area contributed by atoms with Gasteiger partial charge >= 0.3 is 0 Å². The first-order valence-corrected chi connectivity index (χ1v) is 7.32. The lowest BCUT2D eigenvalue weighted by Crippen LogP contribution is -2.43. The summed E-state index contributed by atoms with van der Waals surface area (Å²) in [5.74, 6) is 1.24. The molecule has 1 aromatic rings. The summed E-state index contributed by atoms with van der Waals surface area (Å²) in [6.45, 7) is 3.44. The van der Waals surface area contributed by atoms with Crippen LogP contribution >= 0.6 is 0 Å². The lowest BCUT2D eigenvalue weighted by molar-refractivity contribution is 0.0444. The Kier molecular flexibility index (Phi) is 2.46. The predicted octanol–water partition coefficient (Wildman–Crippen LogP) is 2.43. The van der Waals surface area contributed by atoms with Gasteiger partial charge in [-0.3, -0.25) is 9.69 Å². The zero-order valence-electron chi connectivity index (χ0n) is 11.2. The summed E-state index contributed by atoms with van der Waals surface area (Å²) >= 11 is 0. The number of rotatable bonds is 2. The molecule has 3 nitrogen and oxygen atoms in total. The Balaban J connectivity index is 1.66. The fourth-order valence-corrected chi connectivity index (χ4v) is 3.87. The highest BCUT2D eigenvalue weighted by atomic mass is 16.5. The molecule has 100 valence electrons. The Labute approximate surface area is 113 Å². The molecule has 1 aromatic carbocycles. The quantitative estimate of drug-likeness (QED) is 0.815. The molecule has 2 atom stereocenters. The number of Topliss-reactive ketones (excluding diaryl/α,β-unsaturated/α-hetero) is 1. The van der Waals surface area contributed by atoms with Crippen LogP contribution < -0.4 is 4.74 Å². The second-order valence-corrected chi connectivity index (χ2v) is 6.12. The van der Waals surface area contributed by atoms with Crippen LogP contribution in [0.2, 0.25) is 0 Å². The number of hydrogen-bond acceptors (Lipinski definition) is 3. The highest BCUT2D eigenvalue weighted by Gasteiger charge is 2.43. The second-order valence-electron chi connectivity index (χ2n) is 6.12. The molecule has 0 saturated carbocycles. The maximum Gasteiger partial charge on any atom is 0.163 e. The van der Waals surface area contributed by atoms with Crippen LogP contribution in [0.4, 0.5) is 0 Å². The Hall–Kier alpha value is -1.35. The maximum absolute atomic E-state index is 11.8. The smallest absolute Gasteiger partial charge is 0.163 e. The number of benzene rings is 1. The molecule has 2 unspecified atom stereocenters. The van der Waals surface area contributed by atoms with Gasteiger partial charge in [0, 0.05) is 37.1 Å². The second kappa shape index (κ2) is 4.07. The van der Waals surface area contributed by atoms with Crippen LogP contribution in [0.3, 0.4) is 0 Å². The molecule has 4 rings (SSSR count). The van der Waals surface area contributed by atoms with E-state index in [9.17, 15) is 4.79 Å². The van der Waals surface area contributed by atoms with Gasteiger partial charge in [0.25, 0.3) is 0 Å². The van der Waals surface area contributed by atoms with Crippen molar-refractivity contribution in [2.45, 2.75) is 37.7 Å². The number of piperidine rings is 1. The van der Waals surface area contributed by atoms with Crippen molar-refractivity contribution in [3.63, 3.8) is 0 Å². The van der Waals surface area contributed by atoms with Crippen molar-refractivity contribution in [1.29, 1.82) is 0 Å². The number of nitrogens with zero attached hydrogens (tertiary/aromatic N) is 1. The van der Waals surface area contributed by atoms with E-state index in [1.807, 2.05) is 18.2 Å². The predicted molar refractivity (Wildman–Crippen MR) is 72.7 cm³/mol. The fourth-order valence-electron chi connectivity index (χ4n) is 3.87. The van der Waals surface area contributed by atoms with E-state index in [1.165, 1.54) is 13.0 Å². The van der Waals surface area contributed by atoms with E-state index in [0.29, 0.717) is 6.42 Å². The van der Waals surface area contributed by atoms with Gasteiger partial charge in [0.1, 0.15) is 11.4 Å². The van der Waals surface area contributed by atoms with E-state index in [4.69, 9.17) is 4.74 Å². The molecule has 2 bridgehead atoms. The molecule has 0 N–H and O–H groups in total. The van der Waals surface area contributed by atoms with E-state index in [1.54, 1.807) is 0 Å². The number of carbonyl (C=O) groups excluding carboxylic acids is 1. The van der Waals surface area contributed by atoms with Crippen LogP contribution in [0.25, 0.3) is 0 Å². The highest BCUT2D eigenvalue weighted by Crippen LogP contribution is 2.39. The first-order chi connectivity index (χ1) is 9.26. The van der Waals surface area contributed by atoms with E-state index in [0.717, 1.165) is 49.2 Å². The minimum absolute atomic E-state index is 0.0129. The molecule has 1 aliphatic carbocycles. The van der Waals surface area contributed by atoms with Crippen molar-refractivity contribution in [2.75, 3.05) is 19.6 Å². The van der Waals surface area contributed by atoms with E-state index < -0.39 is 0 Å². The third-order valence-electron chi connectivity index (χ3n) is 4.86. The standard InChI is InChI=1S/C16H19NO2/c18-14-6-5-13-12(14)3-1-4-15(13)19-16-7-2-9-17(11-16)10-8-16/h1,3-4H,2,5-11H2. The van der Waals surface area contributed by atoms with Crippen molar-refractivity contribution < 1.29 is 9.53 Å². The van der Waals surface area contributed by atoms with Crippen molar-refractivity contribution in [3.05, 3.63) is 29.3 Å². The average Bonchev–Trinajstić information content (AvgIpc) is 2.93. The Morgan fingerprint density at radius 3 is 3.05 bits per heavy atom. The molecular weight excluding hydrogens is 238 g/mol. The van der Waals surface area contributed by atoms with E-state index in [-0.39, 0.29) is 11.4 Å². The largest absolute Gasteiger partial charge is 0.486 e. The molecule has 19 heavy (non-hydrogen) atoms. The number of ether oxygens (including phenoxy) is 1. The molecule has 2 aliphatic heterocycles. The minimum Gasteiger partial charge on any atom is -0.486 e. The summed E-state index contributed by atoms with van der Waals surface area (Å²) in [7, 11) is 0. The number of carbonyl (C=O) groups is 1. The summed E-state index contributed by atoms with van der Waals surface area (Å²) < 4.78 is 6.43. The van der Waals surface area contributed by atoms with Crippen LogP contribution in [-0.4, -0.2) is 35.9 Å². The lowest BCUT2D eigenvalue weighted by atomic mass is 9.94. The lowest BCUT2D eigenvalue weighted by Gasteiger charge is -2.35. The normalized spacial score (nSPS) is 32.4. The van der Waals surface area contributed by atoms with Gasteiger partial charge in [0.15, 0.2) is 5.78 Å². The van der Waals surface area contributed by atoms with Crippen LogP contribution in [-0.2, 0) is 6.42 Å². The summed E-state index contributed by atoms with van der Waals surface area (Å²) in [5, 5.41) is 0. The summed E-state index contributed by atoms with van der Waals surface area (Å²) in [4.78, 5) is 14.3. The van der Waals surface area contributed by atoms with E-state index in [2.05, 4.69) is 4.90 Å². The third kappa shape index (κ3) is 1.79. The zero-order chi connectivity index (χ0) is 12.9. The van der Waals surface area contributed by atoms with Gasteiger partial charge in [-0.05, 0) is 31.9 Å². The van der Waals surface area contributed by atoms with Crippen molar-refractivity contribution in [3.8, 4) is 5.75 Å². The molecule has 0 amide bonds. The molecule has 2 saturated heterocycles. The first kappa shape index (κ1) is 11.5. The van der Waals surface area contributed by atoms with Gasteiger partial charge in [0.05, 0.1) is 0 Å². The Morgan fingerprint density at radius 1 is 1.16 bits per heavy atom. The van der Waals surface area contributed by atoms with Gasteiger partial charge in [0.2, 0.25) is 0 Å². The van der Waals surface area contributed by atoms with Crippen LogP contribution in [0.1, 0.15) is 41.6 Å². The molecule has 3 heteroatoms. The minimum atomic E-state index is 0.0129. The molecule has 3 aliphatic rings. The van der Waals surface area contributed by atoms with Crippen LogP contribution in [0.5, 0.6) is 5.75 Å². The summed E-state index contributed by atoms with van der Waals surface area (Å²) in [6, 6.07) is 5.95. The molecule has 0 radical (unpaired) electrons.